The highest BCUT2D eigenvalue weighted by atomic mass is 16.5. The first-order valence-corrected chi connectivity index (χ1v) is 11.0. The van der Waals surface area contributed by atoms with E-state index in [0.717, 1.165) is 17.1 Å². The van der Waals surface area contributed by atoms with Gasteiger partial charge in [0.05, 0.1) is 0 Å². The fourth-order valence-electron chi connectivity index (χ4n) is 4.68. The Balaban J connectivity index is 1.21. The molecule has 35 heavy (non-hydrogen) atoms. The van der Waals surface area contributed by atoms with E-state index in [-0.39, 0.29) is 57.5 Å². The molecule has 4 aliphatic rings. The van der Waals surface area contributed by atoms with E-state index in [2.05, 4.69) is 25.9 Å². The summed E-state index contributed by atoms with van der Waals surface area (Å²) in [5.41, 5.74) is 10.4. The Labute approximate surface area is 199 Å². The number of imide groups is 1. The van der Waals surface area contributed by atoms with Gasteiger partial charge in [0, 0.05) is 51.2 Å². The summed E-state index contributed by atoms with van der Waals surface area (Å²) in [7, 11) is 0. The second kappa shape index (κ2) is 9.03. The lowest BCUT2D eigenvalue weighted by Gasteiger charge is -2.45. The van der Waals surface area contributed by atoms with E-state index in [9.17, 15) is 29.4 Å². The highest BCUT2D eigenvalue weighted by Crippen LogP contribution is 2.40. The van der Waals surface area contributed by atoms with Gasteiger partial charge in [-0.3, -0.25) is 30.0 Å². The van der Waals surface area contributed by atoms with Gasteiger partial charge in [0.1, 0.15) is 12.6 Å². The Bertz CT molecular complexity index is 1010. The summed E-state index contributed by atoms with van der Waals surface area (Å²) in [5.74, 6) is -3.32. The van der Waals surface area contributed by atoms with Crippen molar-refractivity contribution in [2.45, 2.75) is 36.4 Å². The quantitative estimate of drug-likeness (QED) is 0.0896. The minimum absolute atomic E-state index is 0.00297. The van der Waals surface area contributed by atoms with Gasteiger partial charge in [-0.2, -0.15) is 0 Å². The van der Waals surface area contributed by atoms with E-state index in [1.807, 2.05) is 0 Å². The van der Waals surface area contributed by atoms with E-state index >= 15 is 0 Å². The number of alkyl carbamates (subject to hydrolysis) is 1. The molecule has 16 nitrogen and oxygen atoms in total. The molecule has 1 spiro atoms. The summed E-state index contributed by atoms with van der Waals surface area (Å²) in [6.07, 6.45) is 1.44. The predicted molar refractivity (Wildman–Crippen MR) is 117 cm³/mol. The molecule has 3 atom stereocenters. The first kappa shape index (κ1) is 24.2. The zero-order valence-electron chi connectivity index (χ0n) is 18.7. The minimum Gasteiger partial charge on any atom is -0.447 e. The molecular formula is C19H28N9O7+. The number of ether oxygens (including phenoxy) is 1. The monoisotopic (exact) mass is 494 g/mol. The van der Waals surface area contributed by atoms with Crippen LogP contribution in [0.1, 0.15) is 12.8 Å². The Morgan fingerprint density at radius 1 is 1.23 bits per heavy atom. The van der Waals surface area contributed by atoms with Crippen molar-refractivity contribution >= 4 is 35.7 Å². The van der Waals surface area contributed by atoms with Crippen LogP contribution in [0.2, 0.25) is 0 Å². The number of rotatable bonds is 8. The molecule has 0 aromatic carbocycles. The Hall–Kier alpha value is -3.92. The van der Waals surface area contributed by atoms with Crippen molar-refractivity contribution in [2.24, 2.45) is 16.5 Å². The van der Waals surface area contributed by atoms with E-state index < -0.39 is 47.3 Å². The molecule has 0 bridgehead atoms. The second-order valence-corrected chi connectivity index (χ2v) is 8.49. The fourth-order valence-corrected chi connectivity index (χ4v) is 4.68. The molecule has 16 heteroatoms. The Morgan fingerprint density at radius 3 is 2.63 bits per heavy atom. The van der Waals surface area contributed by atoms with Crippen LogP contribution in [0.4, 0.5) is 4.79 Å². The van der Waals surface area contributed by atoms with Crippen molar-refractivity contribution in [1.82, 2.24) is 25.8 Å². The fraction of sp³-hybridized carbons (Fsp3) is 0.579. The third-order valence-electron chi connectivity index (χ3n) is 6.33. The maximum Gasteiger partial charge on any atom is 0.407 e. The molecule has 0 radical (unpaired) electrons. The molecule has 4 amide bonds. The van der Waals surface area contributed by atoms with Crippen LogP contribution in [-0.2, 0) is 19.1 Å². The maximum atomic E-state index is 12.1. The van der Waals surface area contributed by atoms with Gasteiger partial charge < -0.3 is 36.2 Å². The standard InChI is InChI=1S/C19H27N9O7/c20-15-25-14-10(24-16(21)28-8-4-18(33,34)19(14,28)26-15)9-35-17(32)23-6-5-22-11(29)3-7-27-12(30)1-2-13(27)31/h1-2,10,14,33-34H,3-9H2,(H2,21,24)(H,22,29)(H,23,32)(H3,20,25,26)/p+1. The number of aliphatic hydroxyl groups is 2. The number of nitrogens with two attached hydrogens (primary N) is 2. The minimum atomic E-state index is -2.17. The van der Waals surface area contributed by atoms with E-state index in [1.54, 1.807) is 0 Å². The summed E-state index contributed by atoms with van der Waals surface area (Å²) in [6, 6.07) is -1.52. The summed E-state index contributed by atoms with van der Waals surface area (Å²) in [6.45, 7) is 0.121. The highest BCUT2D eigenvalue weighted by Gasteiger charge is 2.72. The SMILES string of the molecule is NC1=NC(COC(=O)NCCNC(=O)CCN2C(=O)C=CC2=O)C2[NH+]=C(N)NC23N1CCC3(O)O. The van der Waals surface area contributed by atoms with Crippen molar-refractivity contribution < 1.29 is 39.1 Å². The first-order chi connectivity index (χ1) is 16.5. The lowest BCUT2D eigenvalue weighted by molar-refractivity contribution is -0.522. The summed E-state index contributed by atoms with van der Waals surface area (Å²) in [4.78, 5) is 56.6. The van der Waals surface area contributed by atoms with Crippen LogP contribution in [0.25, 0.3) is 0 Å². The molecule has 0 saturated carbocycles. The molecule has 1 fully saturated rings. The van der Waals surface area contributed by atoms with Gasteiger partial charge in [0.25, 0.3) is 17.5 Å². The summed E-state index contributed by atoms with van der Waals surface area (Å²) in [5, 5.41) is 29.2. The molecule has 0 aromatic heterocycles. The van der Waals surface area contributed by atoms with Crippen molar-refractivity contribution in [3.63, 3.8) is 0 Å². The van der Waals surface area contributed by atoms with Crippen molar-refractivity contribution in [3.8, 4) is 0 Å². The molecule has 1 saturated heterocycles. The van der Waals surface area contributed by atoms with Crippen LogP contribution >= 0.6 is 0 Å². The number of carbonyl (C=O) groups excluding carboxylic acids is 4. The molecule has 10 N–H and O–H groups in total. The average Bonchev–Trinajstić information content (AvgIpc) is 3.41. The molecule has 4 heterocycles. The van der Waals surface area contributed by atoms with Gasteiger partial charge in [-0.05, 0) is 0 Å². The van der Waals surface area contributed by atoms with Crippen LogP contribution in [0, 0.1) is 0 Å². The van der Waals surface area contributed by atoms with Crippen molar-refractivity contribution in [3.05, 3.63) is 12.2 Å². The van der Waals surface area contributed by atoms with Crippen LogP contribution in [-0.4, -0.2) is 112 Å². The van der Waals surface area contributed by atoms with Gasteiger partial charge in [-0.15, -0.1) is 0 Å². The number of hydrogen-bond donors (Lipinski definition) is 8. The Morgan fingerprint density at radius 2 is 1.91 bits per heavy atom. The molecule has 4 aliphatic heterocycles. The summed E-state index contributed by atoms with van der Waals surface area (Å²) < 4.78 is 5.22. The van der Waals surface area contributed by atoms with Gasteiger partial charge in [-0.25, -0.2) is 15.1 Å². The number of nitrogens with one attached hydrogen (secondary N) is 4. The second-order valence-electron chi connectivity index (χ2n) is 8.49. The number of amides is 4. The molecule has 0 aromatic rings. The van der Waals surface area contributed by atoms with Gasteiger partial charge >= 0.3 is 12.1 Å². The van der Waals surface area contributed by atoms with Gasteiger partial charge in [-0.1, -0.05) is 0 Å². The lowest BCUT2D eigenvalue weighted by Crippen LogP contribution is -2.89. The first-order valence-electron chi connectivity index (χ1n) is 11.0. The molecule has 3 unspecified atom stereocenters. The van der Waals surface area contributed by atoms with Gasteiger partial charge in [0.2, 0.25) is 11.7 Å². The normalized spacial score (nSPS) is 28.2. The number of nitrogens with zero attached hydrogens (tertiary/aromatic N) is 3. The molecular weight excluding hydrogens is 466 g/mol. The predicted octanol–water partition coefficient (Wildman–Crippen LogP) is -6.71. The van der Waals surface area contributed by atoms with E-state index in [4.69, 9.17) is 16.2 Å². The van der Waals surface area contributed by atoms with E-state index in [0.29, 0.717) is 0 Å². The van der Waals surface area contributed by atoms with Crippen molar-refractivity contribution in [1.29, 1.82) is 0 Å². The largest absolute Gasteiger partial charge is 0.447 e. The van der Waals surface area contributed by atoms with Crippen LogP contribution in [0.3, 0.4) is 0 Å². The van der Waals surface area contributed by atoms with Crippen LogP contribution in [0.15, 0.2) is 17.1 Å². The smallest absolute Gasteiger partial charge is 0.407 e. The van der Waals surface area contributed by atoms with Crippen LogP contribution < -0.4 is 32.4 Å². The number of carbonyl (C=O) groups is 4. The van der Waals surface area contributed by atoms with Crippen molar-refractivity contribution in [2.75, 3.05) is 32.8 Å². The zero-order chi connectivity index (χ0) is 25.4. The maximum absolute atomic E-state index is 12.1. The lowest BCUT2D eigenvalue weighted by atomic mass is 9.87. The number of aliphatic imine (C=N–C) groups is 1. The third kappa shape index (κ3) is 4.32. The van der Waals surface area contributed by atoms with Crippen LogP contribution in [0.5, 0.6) is 0 Å². The third-order valence-corrected chi connectivity index (χ3v) is 6.33. The highest BCUT2D eigenvalue weighted by molar-refractivity contribution is 6.13. The molecule has 190 valence electrons. The van der Waals surface area contributed by atoms with E-state index in [1.165, 1.54) is 4.90 Å². The Kier molecular flexibility index (Phi) is 6.25. The molecule has 4 rings (SSSR count). The average molecular weight is 494 g/mol. The number of hydrogen-bond acceptors (Lipinski definition) is 12. The summed E-state index contributed by atoms with van der Waals surface area (Å²) >= 11 is 0. The van der Waals surface area contributed by atoms with Gasteiger partial charge in [0.15, 0.2) is 12.0 Å². The molecule has 0 aliphatic carbocycles. The number of guanidine groups is 2. The topological polar surface area (TPSA) is 239 Å². The zero-order valence-corrected chi connectivity index (χ0v) is 18.7.